The third-order valence-electron chi connectivity index (χ3n) is 3.22. The lowest BCUT2D eigenvalue weighted by Gasteiger charge is -2.28. The van der Waals surface area contributed by atoms with Crippen LogP contribution in [-0.2, 0) is 0 Å². The molecule has 3 nitrogen and oxygen atoms in total. The van der Waals surface area contributed by atoms with Crippen molar-refractivity contribution < 1.29 is 9.90 Å². The first kappa shape index (κ1) is 14.3. The fourth-order valence-electron chi connectivity index (χ4n) is 2.20. The molecule has 0 spiro atoms. The van der Waals surface area contributed by atoms with Crippen molar-refractivity contribution in [3.05, 3.63) is 31.8 Å². The SMILES string of the molecule is O=C(N[C@H]1CCCC[C@@H]1O)c1cc(I)ccc1Br. The van der Waals surface area contributed by atoms with Crippen LogP contribution in [0.2, 0.25) is 0 Å². The van der Waals surface area contributed by atoms with E-state index >= 15 is 0 Å². The molecule has 0 aromatic heterocycles. The number of hydrogen-bond acceptors (Lipinski definition) is 2. The van der Waals surface area contributed by atoms with Crippen molar-refractivity contribution in [2.24, 2.45) is 0 Å². The quantitative estimate of drug-likeness (QED) is 0.718. The van der Waals surface area contributed by atoms with Crippen LogP contribution in [0, 0.1) is 3.57 Å². The lowest BCUT2D eigenvalue weighted by Crippen LogP contribution is -2.45. The molecule has 98 valence electrons. The Balaban J connectivity index is 2.09. The highest BCUT2D eigenvalue weighted by Gasteiger charge is 2.25. The van der Waals surface area contributed by atoms with E-state index < -0.39 is 6.10 Å². The first-order chi connectivity index (χ1) is 8.58. The molecule has 0 heterocycles. The van der Waals surface area contributed by atoms with Crippen LogP contribution < -0.4 is 5.32 Å². The van der Waals surface area contributed by atoms with E-state index in [-0.39, 0.29) is 11.9 Å². The van der Waals surface area contributed by atoms with Gasteiger partial charge in [-0.15, -0.1) is 0 Å². The monoisotopic (exact) mass is 423 g/mol. The van der Waals surface area contributed by atoms with Crippen LogP contribution in [0.15, 0.2) is 22.7 Å². The number of nitrogens with one attached hydrogen (secondary N) is 1. The highest BCUT2D eigenvalue weighted by atomic mass is 127. The molecule has 1 fully saturated rings. The molecule has 1 aliphatic rings. The molecular weight excluding hydrogens is 409 g/mol. The standard InChI is InChI=1S/C13H15BrINO2/c14-10-6-5-8(15)7-9(10)13(18)16-11-3-1-2-4-12(11)17/h5-7,11-12,17H,1-4H2,(H,16,18)/t11-,12-/m0/s1. The van der Waals surface area contributed by atoms with Crippen LogP contribution in [0.1, 0.15) is 36.0 Å². The van der Waals surface area contributed by atoms with E-state index in [1.807, 2.05) is 18.2 Å². The van der Waals surface area contributed by atoms with Crippen LogP contribution >= 0.6 is 38.5 Å². The van der Waals surface area contributed by atoms with Crippen molar-refractivity contribution in [2.75, 3.05) is 0 Å². The van der Waals surface area contributed by atoms with E-state index in [0.717, 1.165) is 33.7 Å². The van der Waals surface area contributed by atoms with Crippen molar-refractivity contribution >= 4 is 44.4 Å². The Kier molecular flexibility index (Phi) is 5.03. The van der Waals surface area contributed by atoms with Crippen molar-refractivity contribution in [3.8, 4) is 0 Å². The first-order valence-corrected chi connectivity index (χ1v) is 7.89. The van der Waals surface area contributed by atoms with Crippen LogP contribution in [0.5, 0.6) is 0 Å². The van der Waals surface area contributed by atoms with Gasteiger partial charge in [0.2, 0.25) is 0 Å². The second kappa shape index (κ2) is 6.34. The fourth-order valence-corrected chi connectivity index (χ4v) is 3.12. The van der Waals surface area contributed by atoms with E-state index in [1.165, 1.54) is 0 Å². The van der Waals surface area contributed by atoms with Gasteiger partial charge in [0.05, 0.1) is 17.7 Å². The summed E-state index contributed by atoms with van der Waals surface area (Å²) >= 11 is 5.56. The summed E-state index contributed by atoms with van der Waals surface area (Å²) in [4.78, 5) is 12.2. The van der Waals surface area contributed by atoms with Crippen molar-refractivity contribution in [1.82, 2.24) is 5.32 Å². The molecule has 2 N–H and O–H groups in total. The Hall–Kier alpha value is -0.140. The van der Waals surface area contributed by atoms with Crippen molar-refractivity contribution in [1.29, 1.82) is 0 Å². The lowest BCUT2D eigenvalue weighted by molar-refractivity contribution is 0.0716. The number of carbonyl (C=O) groups is 1. The minimum absolute atomic E-state index is 0.115. The molecule has 5 heteroatoms. The summed E-state index contributed by atoms with van der Waals surface area (Å²) < 4.78 is 1.80. The van der Waals surface area contributed by atoms with Crippen LogP contribution in [-0.4, -0.2) is 23.2 Å². The maximum Gasteiger partial charge on any atom is 0.252 e. The number of aliphatic hydroxyl groups excluding tert-OH is 1. The number of hydrogen-bond donors (Lipinski definition) is 2. The van der Waals surface area contributed by atoms with Crippen LogP contribution in [0.3, 0.4) is 0 Å². The number of halogens is 2. The maximum atomic E-state index is 12.2. The molecule has 2 rings (SSSR count). The fraction of sp³-hybridized carbons (Fsp3) is 0.462. The van der Waals surface area contributed by atoms with Gasteiger partial charge in [-0.2, -0.15) is 0 Å². The summed E-state index contributed by atoms with van der Waals surface area (Å²) in [5.74, 6) is -0.119. The summed E-state index contributed by atoms with van der Waals surface area (Å²) in [6.45, 7) is 0. The second-order valence-electron chi connectivity index (χ2n) is 4.56. The Labute approximate surface area is 129 Å². The van der Waals surface area contributed by atoms with Gasteiger partial charge < -0.3 is 10.4 Å². The van der Waals surface area contributed by atoms with E-state index in [2.05, 4.69) is 43.8 Å². The molecule has 1 aromatic rings. The summed E-state index contributed by atoms with van der Waals surface area (Å²) in [7, 11) is 0. The lowest BCUT2D eigenvalue weighted by atomic mass is 9.92. The minimum atomic E-state index is -0.413. The molecule has 0 bridgehead atoms. The third kappa shape index (κ3) is 3.45. The average Bonchev–Trinajstić information content (AvgIpc) is 2.35. The molecule has 0 radical (unpaired) electrons. The van der Waals surface area contributed by atoms with E-state index in [0.29, 0.717) is 5.56 Å². The molecule has 1 aliphatic carbocycles. The highest BCUT2D eigenvalue weighted by Crippen LogP contribution is 2.22. The molecule has 2 atom stereocenters. The van der Waals surface area contributed by atoms with Crippen molar-refractivity contribution in [2.45, 2.75) is 37.8 Å². The number of amides is 1. The molecular formula is C13H15BrINO2. The zero-order chi connectivity index (χ0) is 13.1. The molecule has 0 unspecified atom stereocenters. The van der Waals surface area contributed by atoms with Gasteiger partial charge in [-0.05, 0) is 69.6 Å². The predicted octanol–water partition coefficient (Wildman–Crippen LogP) is 3.09. The van der Waals surface area contributed by atoms with E-state index in [1.54, 1.807) is 0 Å². The molecule has 0 aliphatic heterocycles. The Morgan fingerprint density at radius 3 is 2.83 bits per heavy atom. The number of aliphatic hydroxyl groups is 1. The number of rotatable bonds is 2. The summed E-state index contributed by atoms with van der Waals surface area (Å²) in [6, 6.07) is 5.54. The Bertz CT molecular complexity index is 453. The predicted molar refractivity (Wildman–Crippen MR) is 82.6 cm³/mol. The molecule has 0 saturated heterocycles. The summed E-state index contributed by atoms with van der Waals surface area (Å²) in [5.41, 5.74) is 0.625. The minimum Gasteiger partial charge on any atom is -0.391 e. The van der Waals surface area contributed by atoms with Crippen LogP contribution in [0.25, 0.3) is 0 Å². The van der Waals surface area contributed by atoms with Gasteiger partial charge in [0.15, 0.2) is 0 Å². The molecule has 18 heavy (non-hydrogen) atoms. The zero-order valence-electron chi connectivity index (χ0n) is 9.83. The third-order valence-corrected chi connectivity index (χ3v) is 4.58. The van der Waals surface area contributed by atoms with Gasteiger partial charge in [0.25, 0.3) is 5.91 Å². The normalized spacial score (nSPS) is 23.7. The second-order valence-corrected chi connectivity index (χ2v) is 6.66. The summed E-state index contributed by atoms with van der Waals surface area (Å²) in [5, 5.41) is 12.8. The van der Waals surface area contributed by atoms with E-state index in [4.69, 9.17) is 0 Å². The molecule has 1 saturated carbocycles. The van der Waals surface area contributed by atoms with Gasteiger partial charge in [0, 0.05) is 8.04 Å². The average molecular weight is 424 g/mol. The zero-order valence-corrected chi connectivity index (χ0v) is 13.6. The van der Waals surface area contributed by atoms with Gasteiger partial charge in [-0.3, -0.25) is 4.79 Å². The van der Waals surface area contributed by atoms with Gasteiger partial charge in [-0.1, -0.05) is 12.8 Å². The van der Waals surface area contributed by atoms with Crippen molar-refractivity contribution in [3.63, 3.8) is 0 Å². The Morgan fingerprint density at radius 2 is 2.11 bits per heavy atom. The van der Waals surface area contributed by atoms with Gasteiger partial charge >= 0.3 is 0 Å². The van der Waals surface area contributed by atoms with Gasteiger partial charge in [0.1, 0.15) is 0 Å². The Morgan fingerprint density at radius 1 is 1.39 bits per heavy atom. The smallest absolute Gasteiger partial charge is 0.252 e. The molecule has 1 amide bonds. The number of benzene rings is 1. The topological polar surface area (TPSA) is 49.3 Å². The van der Waals surface area contributed by atoms with Gasteiger partial charge in [-0.25, -0.2) is 0 Å². The maximum absolute atomic E-state index is 12.2. The van der Waals surface area contributed by atoms with Crippen LogP contribution in [0.4, 0.5) is 0 Å². The van der Waals surface area contributed by atoms with E-state index in [9.17, 15) is 9.90 Å². The highest BCUT2D eigenvalue weighted by molar-refractivity contribution is 14.1. The largest absolute Gasteiger partial charge is 0.391 e. The molecule has 1 aromatic carbocycles. The number of carbonyl (C=O) groups excluding carboxylic acids is 1. The summed E-state index contributed by atoms with van der Waals surface area (Å²) in [6.07, 6.45) is 3.33. The first-order valence-electron chi connectivity index (χ1n) is 6.02.